The Bertz CT molecular complexity index is 1050. The summed E-state index contributed by atoms with van der Waals surface area (Å²) < 4.78 is 0. The van der Waals surface area contributed by atoms with Gasteiger partial charge in [0.2, 0.25) is 0 Å². The molecule has 3 aromatic rings. The normalized spacial score (nSPS) is 14.0. The number of aromatic nitrogens is 3. The van der Waals surface area contributed by atoms with E-state index in [4.69, 9.17) is 4.98 Å². The SMILES string of the molecule is Cc1cc(C(C)(C)C)cc(C)c1-c1nccc(-c2cc3c([nH]2)CCNC3=O)n1. The summed E-state index contributed by atoms with van der Waals surface area (Å²) in [7, 11) is 0. The third kappa shape index (κ3) is 3.21. The van der Waals surface area contributed by atoms with Gasteiger partial charge in [0.25, 0.3) is 5.91 Å². The highest BCUT2D eigenvalue weighted by Crippen LogP contribution is 2.32. The van der Waals surface area contributed by atoms with Gasteiger partial charge in [-0.15, -0.1) is 0 Å². The van der Waals surface area contributed by atoms with Crippen molar-refractivity contribution in [1.82, 2.24) is 20.3 Å². The van der Waals surface area contributed by atoms with Gasteiger partial charge >= 0.3 is 0 Å². The van der Waals surface area contributed by atoms with Gasteiger partial charge in [-0.05, 0) is 48.1 Å². The first-order chi connectivity index (χ1) is 13.2. The van der Waals surface area contributed by atoms with Crippen molar-refractivity contribution in [2.75, 3.05) is 6.54 Å². The molecule has 0 saturated heterocycles. The van der Waals surface area contributed by atoms with E-state index in [9.17, 15) is 4.79 Å². The second-order valence-corrected chi connectivity index (χ2v) is 8.58. The Morgan fingerprint density at radius 3 is 2.43 bits per heavy atom. The first-order valence-corrected chi connectivity index (χ1v) is 9.69. The summed E-state index contributed by atoms with van der Waals surface area (Å²) in [6, 6.07) is 8.23. The van der Waals surface area contributed by atoms with Crippen molar-refractivity contribution in [1.29, 1.82) is 0 Å². The van der Waals surface area contributed by atoms with Crippen LogP contribution in [0.25, 0.3) is 22.8 Å². The van der Waals surface area contributed by atoms with Gasteiger partial charge < -0.3 is 10.3 Å². The molecule has 0 aliphatic carbocycles. The number of aromatic amines is 1. The number of nitrogens with one attached hydrogen (secondary N) is 2. The molecule has 1 aromatic carbocycles. The molecule has 0 saturated carbocycles. The summed E-state index contributed by atoms with van der Waals surface area (Å²) in [6.45, 7) is 11.6. The van der Waals surface area contributed by atoms with Crippen LogP contribution < -0.4 is 5.32 Å². The Morgan fingerprint density at radius 1 is 1.07 bits per heavy atom. The Morgan fingerprint density at radius 2 is 1.79 bits per heavy atom. The highest BCUT2D eigenvalue weighted by Gasteiger charge is 2.21. The number of carbonyl (C=O) groups is 1. The van der Waals surface area contributed by atoms with E-state index in [0.717, 1.165) is 29.1 Å². The lowest BCUT2D eigenvalue weighted by molar-refractivity contribution is 0.0946. The Labute approximate surface area is 165 Å². The van der Waals surface area contributed by atoms with E-state index in [1.54, 1.807) is 6.20 Å². The van der Waals surface area contributed by atoms with Crippen LogP contribution in [0, 0.1) is 13.8 Å². The second-order valence-electron chi connectivity index (χ2n) is 8.58. The standard InChI is InChI=1S/C23H26N4O/c1-13-10-15(23(3,4)5)11-14(2)20(13)21-24-8-7-18(27-21)19-12-16-17(26-19)6-9-25-22(16)28/h7-8,10-12,26H,6,9H2,1-5H3,(H,25,28). The van der Waals surface area contributed by atoms with E-state index in [1.807, 2.05) is 12.1 Å². The number of fused-ring (bicyclic) bond motifs is 1. The number of rotatable bonds is 2. The molecule has 1 aliphatic rings. The topological polar surface area (TPSA) is 70.7 Å². The zero-order valence-corrected chi connectivity index (χ0v) is 17.1. The molecular weight excluding hydrogens is 348 g/mol. The third-order valence-electron chi connectivity index (χ3n) is 5.36. The largest absolute Gasteiger partial charge is 0.356 e. The minimum absolute atomic E-state index is 0.0255. The zero-order chi connectivity index (χ0) is 20.1. The molecule has 1 aliphatic heterocycles. The summed E-state index contributed by atoms with van der Waals surface area (Å²) in [5.74, 6) is 0.687. The molecule has 2 aromatic heterocycles. The number of hydrogen-bond donors (Lipinski definition) is 2. The van der Waals surface area contributed by atoms with Crippen molar-refractivity contribution in [2.45, 2.75) is 46.5 Å². The molecule has 4 rings (SSSR count). The molecule has 0 fully saturated rings. The summed E-state index contributed by atoms with van der Waals surface area (Å²) in [6.07, 6.45) is 2.60. The molecule has 5 heteroatoms. The fourth-order valence-electron chi connectivity index (χ4n) is 3.81. The fourth-order valence-corrected chi connectivity index (χ4v) is 3.81. The summed E-state index contributed by atoms with van der Waals surface area (Å²) in [5, 5.41) is 2.88. The Balaban J connectivity index is 1.77. The molecule has 1 amide bonds. The van der Waals surface area contributed by atoms with Gasteiger partial charge in [0.05, 0.1) is 17.0 Å². The van der Waals surface area contributed by atoms with Crippen LogP contribution in [0.3, 0.4) is 0 Å². The molecule has 0 spiro atoms. The van der Waals surface area contributed by atoms with Crippen molar-refractivity contribution in [3.63, 3.8) is 0 Å². The van der Waals surface area contributed by atoms with Gasteiger partial charge in [0.15, 0.2) is 5.82 Å². The average molecular weight is 374 g/mol. The summed E-state index contributed by atoms with van der Waals surface area (Å²) in [5.41, 5.74) is 8.16. The van der Waals surface area contributed by atoms with E-state index >= 15 is 0 Å². The number of carbonyl (C=O) groups excluding carboxylic acids is 1. The molecule has 5 nitrogen and oxygen atoms in total. The molecular formula is C23H26N4O. The van der Waals surface area contributed by atoms with Crippen LogP contribution in [0.2, 0.25) is 0 Å². The van der Waals surface area contributed by atoms with E-state index in [0.29, 0.717) is 17.9 Å². The highest BCUT2D eigenvalue weighted by atomic mass is 16.1. The van der Waals surface area contributed by atoms with Crippen molar-refractivity contribution in [2.24, 2.45) is 0 Å². The Kier molecular flexibility index (Phi) is 4.33. The summed E-state index contributed by atoms with van der Waals surface area (Å²) in [4.78, 5) is 24.8. The monoisotopic (exact) mass is 374 g/mol. The van der Waals surface area contributed by atoms with E-state index < -0.39 is 0 Å². The van der Waals surface area contributed by atoms with E-state index in [-0.39, 0.29) is 11.3 Å². The average Bonchev–Trinajstić information content (AvgIpc) is 3.06. The highest BCUT2D eigenvalue weighted by molar-refractivity contribution is 5.97. The molecule has 0 atom stereocenters. The van der Waals surface area contributed by atoms with Gasteiger partial charge in [-0.3, -0.25) is 4.79 Å². The van der Waals surface area contributed by atoms with E-state index in [2.05, 4.69) is 62.0 Å². The lowest BCUT2D eigenvalue weighted by Crippen LogP contribution is -2.31. The van der Waals surface area contributed by atoms with Crippen molar-refractivity contribution in [3.05, 3.63) is 58.4 Å². The zero-order valence-electron chi connectivity index (χ0n) is 17.1. The van der Waals surface area contributed by atoms with Gasteiger partial charge in [-0.1, -0.05) is 32.9 Å². The van der Waals surface area contributed by atoms with Crippen LogP contribution in [-0.4, -0.2) is 27.4 Å². The van der Waals surface area contributed by atoms with Crippen LogP contribution in [0.1, 0.15) is 53.5 Å². The molecule has 144 valence electrons. The molecule has 28 heavy (non-hydrogen) atoms. The molecule has 3 heterocycles. The van der Waals surface area contributed by atoms with Crippen LogP contribution in [0.5, 0.6) is 0 Å². The predicted molar refractivity (Wildman–Crippen MR) is 111 cm³/mol. The number of nitrogens with zero attached hydrogens (tertiary/aromatic N) is 2. The van der Waals surface area contributed by atoms with Crippen LogP contribution in [0.4, 0.5) is 0 Å². The van der Waals surface area contributed by atoms with Crippen LogP contribution >= 0.6 is 0 Å². The molecule has 2 N–H and O–H groups in total. The number of amides is 1. The van der Waals surface area contributed by atoms with Crippen LogP contribution in [-0.2, 0) is 11.8 Å². The van der Waals surface area contributed by atoms with E-state index in [1.165, 1.54) is 16.7 Å². The van der Waals surface area contributed by atoms with Gasteiger partial charge in [0, 0.05) is 30.4 Å². The fraction of sp³-hybridized carbons (Fsp3) is 0.348. The van der Waals surface area contributed by atoms with Gasteiger partial charge in [-0.25, -0.2) is 9.97 Å². The van der Waals surface area contributed by atoms with Crippen molar-refractivity contribution >= 4 is 5.91 Å². The summed E-state index contributed by atoms with van der Waals surface area (Å²) >= 11 is 0. The number of aryl methyl sites for hydroxylation is 2. The predicted octanol–water partition coefficient (Wildman–Crippen LogP) is 4.34. The maximum atomic E-state index is 12.1. The quantitative estimate of drug-likeness (QED) is 0.701. The lowest BCUT2D eigenvalue weighted by Gasteiger charge is -2.22. The van der Waals surface area contributed by atoms with Gasteiger partial charge in [-0.2, -0.15) is 0 Å². The minimum atomic E-state index is -0.0255. The first kappa shape index (κ1) is 18.4. The minimum Gasteiger partial charge on any atom is -0.356 e. The first-order valence-electron chi connectivity index (χ1n) is 9.69. The number of hydrogen-bond acceptors (Lipinski definition) is 3. The van der Waals surface area contributed by atoms with Crippen molar-refractivity contribution in [3.8, 4) is 22.8 Å². The molecule has 0 unspecified atom stereocenters. The maximum absolute atomic E-state index is 12.1. The maximum Gasteiger partial charge on any atom is 0.253 e. The number of H-pyrrole nitrogens is 1. The lowest BCUT2D eigenvalue weighted by atomic mass is 9.83. The van der Waals surface area contributed by atoms with Gasteiger partial charge in [0.1, 0.15) is 0 Å². The number of benzene rings is 1. The van der Waals surface area contributed by atoms with Crippen molar-refractivity contribution < 1.29 is 4.79 Å². The van der Waals surface area contributed by atoms with Crippen LogP contribution in [0.15, 0.2) is 30.5 Å². The molecule has 0 radical (unpaired) electrons. The third-order valence-corrected chi connectivity index (χ3v) is 5.36. The molecule has 0 bridgehead atoms. The smallest absolute Gasteiger partial charge is 0.253 e. The second kappa shape index (κ2) is 6.59. The Hall–Kier alpha value is -2.95.